The quantitative estimate of drug-likeness (QED) is 0.660. The Morgan fingerprint density at radius 2 is 1.24 bits per heavy atom. The normalized spacial score (nSPS) is 13.0. The molecule has 0 amide bonds. The van der Waals surface area contributed by atoms with Crippen molar-refractivity contribution in [1.29, 1.82) is 0 Å². The summed E-state index contributed by atoms with van der Waals surface area (Å²) < 4.78 is 0. The average Bonchev–Trinajstić information content (AvgIpc) is 2.47. The summed E-state index contributed by atoms with van der Waals surface area (Å²) in [5.74, 6) is 0. The van der Waals surface area contributed by atoms with E-state index < -0.39 is 0 Å². The molecule has 0 unspecified atom stereocenters. The minimum Gasteiger partial charge on any atom is -0.405 e. The van der Waals surface area contributed by atoms with Gasteiger partial charge in [0.1, 0.15) is 0 Å². The van der Waals surface area contributed by atoms with Crippen LogP contribution >= 0.6 is 0 Å². The number of aryl methyl sites for hydroxylation is 2. The van der Waals surface area contributed by atoms with Crippen molar-refractivity contribution in [2.75, 3.05) is 10.5 Å². The zero-order valence-electron chi connectivity index (χ0n) is 12.3. The molecule has 0 aromatic heterocycles. The molecular weight excluding hydrogens is 255 g/mol. The summed E-state index contributed by atoms with van der Waals surface area (Å²) in [7, 11) is 0. The van der Waals surface area contributed by atoms with E-state index in [4.69, 9.17) is 0 Å². The van der Waals surface area contributed by atoms with Gasteiger partial charge in [-0.2, -0.15) is 0 Å². The second-order valence-electron chi connectivity index (χ2n) is 5.74. The van der Waals surface area contributed by atoms with E-state index in [-0.39, 0.29) is 6.98 Å². The van der Waals surface area contributed by atoms with E-state index in [0.29, 0.717) is 0 Å². The predicted molar refractivity (Wildman–Crippen MR) is 92.5 cm³/mol. The van der Waals surface area contributed by atoms with Gasteiger partial charge in [-0.3, -0.25) is 0 Å². The summed E-state index contributed by atoms with van der Waals surface area (Å²) in [6, 6.07) is 19.3. The lowest BCUT2D eigenvalue weighted by Gasteiger charge is -2.28. The first-order valence-electron chi connectivity index (χ1n) is 7.35. The van der Waals surface area contributed by atoms with Crippen molar-refractivity contribution in [3.8, 4) is 0 Å². The lowest BCUT2D eigenvalue weighted by molar-refractivity contribution is 1.42. The van der Waals surface area contributed by atoms with Crippen LogP contribution in [0.3, 0.4) is 0 Å². The number of hydrogen-bond acceptors (Lipinski definition) is 2. The number of benzene rings is 3. The van der Waals surface area contributed by atoms with E-state index in [2.05, 4.69) is 78.9 Å². The molecule has 0 radical (unpaired) electrons. The molecule has 0 bridgehead atoms. The topological polar surface area (TPSA) is 24.1 Å². The Balaban J connectivity index is 1.87. The largest absolute Gasteiger partial charge is 0.406 e. The molecule has 0 fully saturated rings. The van der Waals surface area contributed by atoms with Gasteiger partial charge in [-0.05, 0) is 36.8 Å². The van der Waals surface area contributed by atoms with Crippen LogP contribution in [-0.2, 0) is 0 Å². The highest BCUT2D eigenvalue weighted by Gasteiger charge is 2.27. The Kier molecular flexibility index (Phi) is 2.68. The van der Waals surface area contributed by atoms with E-state index >= 15 is 0 Å². The number of rotatable bonds is 1. The maximum atomic E-state index is 3.65. The highest BCUT2D eigenvalue weighted by atomic mass is 15.0. The molecule has 3 aromatic rings. The van der Waals surface area contributed by atoms with E-state index in [9.17, 15) is 0 Å². The minimum absolute atomic E-state index is 0.117. The Labute approximate surface area is 125 Å². The Morgan fingerprint density at radius 3 is 1.81 bits per heavy atom. The van der Waals surface area contributed by atoms with Gasteiger partial charge in [0.15, 0.2) is 0 Å². The standard InChI is InChI=1S/C18H17BN2/c1-12-6-3-7-13(2)18(12)19-20-15-10-4-8-14-9-5-11-16(21-19)17(14)15/h3-11,20-21H,1-2H3. The maximum Gasteiger partial charge on any atom is 0.406 e. The molecule has 21 heavy (non-hydrogen) atoms. The minimum atomic E-state index is 0.117. The molecule has 0 saturated heterocycles. The van der Waals surface area contributed by atoms with Gasteiger partial charge in [-0.25, -0.2) is 0 Å². The fourth-order valence-electron chi connectivity index (χ4n) is 3.36. The van der Waals surface area contributed by atoms with Gasteiger partial charge >= 0.3 is 6.98 Å². The summed E-state index contributed by atoms with van der Waals surface area (Å²) in [6.07, 6.45) is 0. The molecule has 102 valence electrons. The van der Waals surface area contributed by atoms with Crippen LogP contribution in [0.25, 0.3) is 10.8 Å². The second-order valence-corrected chi connectivity index (χ2v) is 5.74. The third-order valence-electron chi connectivity index (χ3n) is 4.34. The van der Waals surface area contributed by atoms with Crippen molar-refractivity contribution in [1.82, 2.24) is 0 Å². The van der Waals surface area contributed by atoms with E-state index in [1.807, 2.05) is 0 Å². The van der Waals surface area contributed by atoms with Crippen LogP contribution in [0.5, 0.6) is 0 Å². The van der Waals surface area contributed by atoms with Crippen LogP contribution < -0.4 is 15.9 Å². The van der Waals surface area contributed by atoms with Crippen molar-refractivity contribution in [3.63, 3.8) is 0 Å². The van der Waals surface area contributed by atoms with Gasteiger partial charge < -0.3 is 10.5 Å². The summed E-state index contributed by atoms with van der Waals surface area (Å²) in [4.78, 5) is 0. The Hall–Kier alpha value is -2.42. The first-order chi connectivity index (χ1) is 10.2. The van der Waals surface area contributed by atoms with Crippen molar-refractivity contribution < 1.29 is 0 Å². The molecule has 1 aliphatic heterocycles. The third kappa shape index (κ3) is 1.89. The molecule has 0 aliphatic carbocycles. The molecule has 3 heteroatoms. The molecule has 1 heterocycles. The lowest BCUT2D eigenvalue weighted by atomic mass is 9.62. The molecule has 3 aromatic carbocycles. The van der Waals surface area contributed by atoms with Gasteiger partial charge in [0.25, 0.3) is 0 Å². The third-order valence-corrected chi connectivity index (χ3v) is 4.34. The molecular formula is C18H17BN2. The average molecular weight is 272 g/mol. The van der Waals surface area contributed by atoms with E-state index in [1.165, 1.54) is 38.7 Å². The maximum absolute atomic E-state index is 3.65. The van der Waals surface area contributed by atoms with Crippen molar-refractivity contribution >= 4 is 34.6 Å². The van der Waals surface area contributed by atoms with Crippen molar-refractivity contribution in [2.45, 2.75) is 13.8 Å². The van der Waals surface area contributed by atoms with Crippen molar-refractivity contribution in [3.05, 3.63) is 65.7 Å². The monoisotopic (exact) mass is 272 g/mol. The lowest BCUT2D eigenvalue weighted by Crippen LogP contribution is -2.50. The highest BCUT2D eigenvalue weighted by Crippen LogP contribution is 2.33. The number of nitrogens with one attached hydrogen (secondary N) is 2. The van der Waals surface area contributed by atoms with Gasteiger partial charge in [-0.15, -0.1) is 0 Å². The molecule has 1 aliphatic rings. The second kappa shape index (κ2) is 4.56. The van der Waals surface area contributed by atoms with Crippen LogP contribution in [0.15, 0.2) is 54.6 Å². The predicted octanol–water partition coefficient (Wildman–Crippen LogP) is 3.69. The van der Waals surface area contributed by atoms with Gasteiger partial charge in [0.05, 0.1) is 0 Å². The van der Waals surface area contributed by atoms with E-state index in [1.54, 1.807) is 0 Å². The smallest absolute Gasteiger partial charge is 0.405 e. The van der Waals surface area contributed by atoms with E-state index in [0.717, 1.165) is 0 Å². The molecule has 2 N–H and O–H groups in total. The van der Waals surface area contributed by atoms with Crippen molar-refractivity contribution in [2.24, 2.45) is 0 Å². The summed E-state index contributed by atoms with van der Waals surface area (Å²) >= 11 is 0. The van der Waals surface area contributed by atoms with Gasteiger partial charge in [0, 0.05) is 16.8 Å². The zero-order chi connectivity index (χ0) is 14.4. The first kappa shape index (κ1) is 12.3. The van der Waals surface area contributed by atoms with Crippen LogP contribution in [0.4, 0.5) is 11.4 Å². The highest BCUT2D eigenvalue weighted by molar-refractivity contribution is 6.80. The molecule has 0 saturated carbocycles. The molecule has 0 spiro atoms. The zero-order valence-corrected chi connectivity index (χ0v) is 12.3. The Bertz CT molecular complexity index is 781. The number of hydrogen-bond donors (Lipinski definition) is 2. The number of anilines is 2. The van der Waals surface area contributed by atoms with Gasteiger partial charge in [0.2, 0.25) is 0 Å². The molecule has 0 atom stereocenters. The Morgan fingerprint density at radius 1 is 0.714 bits per heavy atom. The first-order valence-corrected chi connectivity index (χ1v) is 7.35. The fraction of sp³-hybridized carbons (Fsp3) is 0.111. The SMILES string of the molecule is Cc1cccc(C)c1B1Nc2cccc3cccc(c23)N1. The summed E-state index contributed by atoms with van der Waals surface area (Å²) in [5.41, 5.74) is 6.37. The molecule has 2 nitrogen and oxygen atoms in total. The van der Waals surface area contributed by atoms with Crippen LogP contribution in [0, 0.1) is 13.8 Å². The van der Waals surface area contributed by atoms with Gasteiger partial charge in [-0.1, -0.05) is 53.6 Å². The van der Waals surface area contributed by atoms with Crippen LogP contribution in [0.1, 0.15) is 11.1 Å². The van der Waals surface area contributed by atoms with Crippen LogP contribution in [-0.4, -0.2) is 6.98 Å². The summed E-state index contributed by atoms with van der Waals surface area (Å²) in [6.45, 7) is 4.46. The summed E-state index contributed by atoms with van der Waals surface area (Å²) in [5, 5.41) is 9.84. The van der Waals surface area contributed by atoms with Crippen LogP contribution in [0.2, 0.25) is 0 Å². The fourth-order valence-corrected chi connectivity index (χ4v) is 3.36. The molecule has 4 rings (SSSR count).